The minimum atomic E-state index is -0.571. The van der Waals surface area contributed by atoms with E-state index in [0.717, 1.165) is 10.5 Å². The van der Waals surface area contributed by atoms with Gasteiger partial charge in [0.1, 0.15) is 11.4 Å². The van der Waals surface area contributed by atoms with Crippen LogP contribution in [0.3, 0.4) is 0 Å². The van der Waals surface area contributed by atoms with Crippen molar-refractivity contribution in [1.82, 2.24) is 0 Å². The molecule has 1 N–H and O–H groups in total. The molecule has 1 aliphatic heterocycles. The highest BCUT2D eigenvalue weighted by molar-refractivity contribution is 6.46. The van der Waals surface area contributed by atoms with Crippen LogP contribution in [0, 0.1) is 17.0 Å². The molecule has 0 spiro atoms. The Morgan fingerprint density at radius 2 is 1.73 bits per heavy atom. The Bertz CT molecular complexity index is 1320. The van der Waals surface area contributed by atoms with Crippen LogP contribution in [0.4, 0.5) is 17.1 Å². The second-order valence-electron chi connectivity index (χ2n) is 7.29. The molecule has 9 heteroatoms. The van der Waals surface area contributed by atoms with Crippen LogP contribution in [0.5, 0.6) is 5.75 Å². The van der Waals surface area contributed by atoms with Gasteiger partial charge >= 0.3 is 0 Å². The third kappa shape index (κ3) is 4.16. The molecule has 0 saturated carbocycles. The van der Waals surface area contributed by atoms with E-state index in [2.05, 4.69) is 5.32 Å². The van der Waals surface area contributed by atoms with E-state index in [0.29, 0.717) is 27.7 Å². The highest BCUT2D eigenvalue weighted by Crippen LogP contribution is 2.35. The molecule has 0 aromatic heterocycles. The van der Waals surface area contributed by atoms with E-state index in [1.807, 2.05) is 6.92 Å². The van der Waals surface area contributed by atoms with Crippen LogP contribution in [-0.2, 0) is 9.59 Å². The van der Waals surface area contributed by atoms with Gasteiger partial charge in [0.25, 0.3) is 17.5 Å². The number of nitrogens with one attached hydrogen (secondary N) is 1. The highest BCUT2D eigenvalue weighted by Gasteiger charge is 2.40. The van der Waals surface area contributed by atoms with Crippen molar-refractivity contribution in [2.24, 2.45) is 0 Å². The van der Waals surface area contributed by atoms with Gasteiger partial charge in [-0.15, -0.1) is 0 Å². The Hall–Kier alpha value is -4.17. The first kappa shape index (κ1) is 22.0. The van der Waals surface area contributed by atoms with Crippen LogP contribution >= 0.6 is 11.6 Å². The van der Waals surface area contributed by atoms with Gasteiger partial charge in [-0.25, -0.2) is 4.90 Å². The van der Waals surface area contributed by atoms with Crippen molar-refractivity contribution in [2.45, 2.75) is 6.92 Å². The molecule has 2 amide bonds. The Morgan fingerprint density at radius 1 is 1.00 bits per heavy atom. The van der Waals surface area contributed by atoms with E-state index in [9.17, 15) is 19.7 Å². The normalized spacial score (nSPS) is 13.5. The molecule has 1 aliphatic rings. The molecule has 166 valence electrons. The van der Waals surface area contributed by atoms with Crippen LogP contribution < -0.4 is 15.0 Å². The minimum absolute atomic E-state index is 0.0385. The highest BCUT2D eigenvalue weighted by atomic mass is 35.5. The number of nitrogens with zero attached hydrogens (tertiary/aromatic N) is 2. The first-order valence-corrected chi connectivity index (χ1v) is 10.2. The van der Waals surface area contributed by atoms with E-state index in [1.165, 1.54) is 31.4 Å². The van der Waals surface area contributed by atoms with Crippen LogP contribution in [0.2, 0.25) is 5.02 Å². The molecular weight excluding hydrogens is 446 g/mol. The first-order chi connectivity index (χ1) is 15.8. The van der Waals surface area contributed by atoms with Gasteiger partial charge in [-0.3, -0.25) is 19.7 Å². The van der Waals surface area contributed by atoms with Gasteiger partial charge in [-0.2, -0.15) is 0 Å². The van der Waals surface area contributed by atoms with Crippen LogP contribution in [0.25, 0.3) is 5.57 Å². The zero-order valence-corrected chi connectivity index (χ0v) is 18.4. The minimum Gasteiger partial charge on any atom is -0.497 e. The molecular formula is C24H18ClN3O5. The summed E-state index contributed by atoms with van der Waals surface area (Å²) >= 11 is 6.23. The average Bonchev–Trinajstić information content (AvgIpc) is 3.05. The molecule has 0 saturated heterocycles. The van der Waals surface area contributed by atoms with Crippen molar-refractivity contribution >= 4 is 46.1 Å². The van der Waals surface area contributed by atoms with Gasteiger partial charge in [-0.05, 0) is 54.4 Å². The number of imide groups is 1. The summed E-state index contributed by atoms with van der Waals surface area (Å²) < 4.78 is 5.22. The molecule has 0 aliphatic carbocycles. The average molecular weight is 464 g/mol. The van der Waals surface area contributed by atoms with Gasteiger partial charge < -0.3 is 10.1 Å². The van der Waals surface area contributed by atoms with Gasteiger partial charge in [0.15, 0.2) is 0 Å². The summed E-state index contributed by atoms with van der Waals surface area (Å²) in [5.41, 5.74) is 2.09. The SMILES string of the molecule is COc1cccc(N2C(=O)C(Nc3ccc(C)c(Cl)c3)=C(c3ccc([N+](=O)[O-])cc3)C2=O)c1. The standard InChI is InChI=1S/C24H18ClN3O5/c1-14-6-9-16(12-20(14)25)26-22-21(15-7-10-17(11-8-15)28(31)32)23(29)27(24(22)30)18-4-3-5-19(13-18)33-2/h3-13,26H,1-2H3. The summed E-state index contributed by atoms with van der Waals surface area (Å²) in [6, 6.07) is 17.2. The second kappa shape index (κ2) is 8.76. The van der Waals surface area contributed by atoms with Gasteiger partial charge in [0.2, 0.25) is 0 Å². The summed E-state index contributed by atoms with van der Waals surface area (Å²) in [5, 5.41) is 14.6. The van der Waals surface area contributed by atoms with Crippen molar-refractivity contribution < 1.29 is 19.2 Å². The van der Waals surface area contributed by atoms with Crippen molar-refractivity contribution in [3.05, 3.63) is 98.7 Å². The lowest BCUT2D eigenvalue weighted by atomic mass is 10.0. The van der Waals surface area contributed by atoms with Crippen molar-refractivity contribution in [3.63, 3.8) is 0 Å². The number of carbonyl (C=O) groups is 2. The van der Waals surface area contributed by atoms with Crippen LogP contribution in [0.1, 0.15) is 11.1 Å². The molecule has 4 rings (SSSR count). The van der Waals surface area contributed by atoms with E-state index in [4.69, 9.17) is 16.3 Å². The predicted octanol–water partition coefficient (Wildman–Crippen LogP) is 4.96. The number of ether oxygens (including phenoxy) is 1. The van der Waals surface area contributed by atoms with Crippen molar-refractivity contribution in [1.29, 1.82) is 0 Å². The lowest BCUT2D eigenvalue weighted by Gasteiger charge is -2.16. The fraction of sp³-hybridized carbons (Fsp3) is 0.0833. The van der Waals surface area contributed by atoms with Crippen LogP contribution in [0.15, 0.2) is 72.4 Å². The van der Waals surface area contributed by atoms with E-state index in [-0.39, 0.29) is 17.0 Å². The number of rotatable bonds is 6. The molecule has 0 atom stereocenters. The number of halogens is 1. The number of aryl methyl sites for hydroxylation is 1. The number of hydrogen-bond acceptors (Lipinski definition) is 6. The summed E-state index contributed by atoms with van der Waals surface area (Å²) in [6.07, 6.45) is 0. The second-order valence-corrected chi connectivity index (χ2v) is 7.70. The fourth-order valence-corrected chi connectivity index (χ4v) is 3.64. The number of non-ortho nitro benzene ring substituents is 1. The predicted molar refractivity (Wildman–Crippen MR) is 125 cm³/mol. The van der Waals surface area contributed by atoms with E-state index < -0.39 is 16.7 Å². The molecule has 0 fully saturated rings. The topological polar surface area (TPSA) is 102 Å². The number of anilines is 2. The number of hydrogen-bond donors (Lipinski definition) is 1. The molecule has 0 radical (unpaired) electrons. The number of methoxy groups -OCH3 is 1. The molecule has 3 aromatic rings. The smallest absolute Gasteiger partial charge is 0.282 e. The Morgan fingerprint density at radius 3 is 2.36 bits per heavy atom. The maximum Gasteiger partial charge on any atom is 0.282 e. The third-order valence-electron chi connectivity index (χ3n) is 5.20. The number of benzene rings is 3. The zero-order valence-electron chi connectivity index (χ0n) is 17.7. The largest absolute Gasteiger partial charge is 0.497 e. The summed E-state index contributed by atoms with van der Waals surface area (Å²) in [4.78, 5) is 38.4. The zero-order chi connectivity index (χ0) is 23.7. The molecule has 0 bridgehead atoms. The van der Waals surface area contributed by atoms with E-state index in [1.54, 1.807) is 42.5 Å². The lowest BCUT2D eigenvalue weighted by molar-refractivity contribution is -0.384. The molecule has 33 heavy (non-hydrogen) atoms. The summed E-state index contributed by atoms with van der Waals surface area (Å²) in [5.74, 6) is -0.655. The maximum atomic E-state index is 13.5. The van der Waals surface area contributed by atoms with Gasteiger partial charge in [0.05, 0.1) is 23.3 Å². The number of amides is 2. The fourth-order valence-electron chi connectivity index (χ4n) is 3.46. The Kier molecular flexibility index (Phi) is 5.85. The molecule has 3 aromatic carbocycles. The first-order valence-electron chi connectivity index (χ1n) is 9.85. The molecule has 1 heterocycles. The van der Waals surface area contributed by atoms with E-state index >= 15 is 0 Å². The summed E-state index contributed by atoms with van der Waals surface area (Å²) in [6.45, 7) is 1.85. The number of nitro benzene ring substituents is 1. The molecule has 0 unspecified atom stereocenters. The van der Waals surface area contributed by atoms with Gasteiger partial charge in [-0.1, -0.05) is 23.7 Å². The summed E-state index contributed by atoms with van der Waals surface area (Å²) in [7, 11) is 1.49. The quantitative estimate of drug-likeness (QED) is 0.315. The van der Waals surface area contributed by atoms with Crippen molar-refractivity contribution in [2.75, 3.05) is 17.3 Å². The number of carbonyl (C=O) groups excluding carboxylic acids is 2. The number of nitro groups is 1. The lowest BCUT2D eigenvalue weighted by Crippen LogP contribution is -2.32. The monoisotopic (exact) mass is 463 g/mol. The van der Waals surface area contributed by atoms with Gasteiger partial charge in [0, 0.05) is 28.9 Å². The Labute approximate surface area is 194 Å². The Balaban J connectivity index is 1.82. The van der Waals surface area contributed by atoms with Crippen LogP contribution in [-0.4, -0.2) is 23.8 Å². The third-order valence-corrected chi connectivity index (χ3v) is 5.61. The van der Waals surface area contributed by atoms with Crippen molar-refractivity contribution in [3.8, 4) is 5.75 Å². The maximum absolute atomic E-state index is 13.5. The molecule has 8 nitrogen and oxygen atoms in total.